The maximum atomic E-state index is 12.7. The minimum Gasteiger partial charge on any atom is -0.497 e. The molecular weight excluding hydrogens is 350 g/mol. The Morgan fingerprint density at radius 2 is 2.00 bits per heavy atom. The lowest BCUT2D eigenvalue weighted by atomic mass is 10.1. The first-order valence-corrected chi connectivity index (χ1v) is 9.30. The van der Waals surface area contributed by atoms with E-state index in [-0.39, 0.29) is 16.6 Å². The fourth-order valence-electron chi connectivity index (χ4n) is 2.87. The molecule has 24 heavy (non-hydrogen) atoms. The van der Waals surface area contributed by atoms with E-state index in [2.05, 4.69) is 0 Å². The Morgan fingerprint density at radius 1 is 1.25 bits per heavy atom. The quantitative estimate of drug-likeness (QED) is 0.838. The lowest BCUT2D eigenvalue weighted by Gasteiger charge is -2.24. The Balaban J connectivity index is 1.98. The molecule has 3 rings (SSSR count). The van der Waals surface area contributed by atoms with Crippen molar-refractivity contribution in [2.45, 2.75) is 10.9 Å². The van der Waals surface area contributed by atoms with Crippen LogP contribution < -0.4 is 4.74 Å². The summed E-state index contributed by atoms with van der Waals surface area (Å²) in [6.07, 6.45) is 0. The van der Waals surface area contributed by atoms with E-state index in [1.165, 1.54) is 18.1 Å². The molecule has 1 aliphatic heterocycles. The summed E-state index contributed by atoms with van der Waals surface area (Å²) in [5.74, 6) is 0.146. The van der Waals surface area contributed by atoms with Gasteiger partial charge in [-0.25, -0.2) is 8.42 Å². The minimum atomic E-state index is -3.42. The Labute approximate surface area is 145 Å². The van der Waals surface area contributed by atoms with Crippen LogP contribution in [0.15, 0.2) is 47.4 Å². The van der Waals surface area contributed by atoms with E-state index in [9.17, 15) is 13.2 Å². The third kappa shape index (κ3) is 2.87. The Morgan fingerprint density at radius 3 is 2.71 bits per heavy atom. The SMILES string of the molecule is COc1cccc(C(=O)N(C)C2CS(=O)(=O)c3ccc(Cl)cc32)c1. The number of halogens is 1. The molecule has 0 saturated heterocycles. The predicted octanol–water partition coefficient (Wildman–Crippen LogP) is 2.95. The van der Waals surface area contributed by atoms with Crippen molar-refractivity contribution < 1.29 is 17.9 Å². The van der Waals surface area contributed by atoms with Crippen molar-refractivity contribution in [1.82, 2.24) is 4.90 Å². The highest BCUT2D eigenvalue weighted by molar-refractivity contribution is 7.91. The van der Waals surface area contributed by atoms with E-state index in [0.717, 1.165) is 0 Å². The fourth-order valence-corrected chi connectivity index (χ4v) is 4.88. The summed E-state index contributed by atoms with van der Waals surface area (Å²) in [6.45, 7) is 0. The van der Waals surface area contributed by atoms with Gasteiger partial charge < -0.3 is 9.64 Å². The molecule has 1 amide bonds. The molecule has 5 nitrogen and oxygen atoms in total. The van der Waals surface area contributed by atoms with Gasteiger partial charge >= 0.3 is 0 Å². The number of amides is 1. The number of hydrogen-bond acceptors (Lipinski definition) is 4. The molecule has 0 aromatic heterocycles. The zero-order valence-electron chi connectivity index (χ0n) is 13.2. The number of ether oxygens (including phenoxy) is 1. The molecule has 1 unspecified atom stereocenters. The molecular formula is C17H16ClNO4S. The average Bonchev–Trinajstić information content (AvgIpc) is 2.84. The molecule has 0 N–H and O–H groups in total. The second-order valence-electron chi connectivity index (χ2n) is 5.63. The number of hydrogen-bond donors (Lipinski definition) is 0. The van der Waals surface area contributed by atoms with Crippen molar-refractivity contribution in [2.24, 2.45) is 0 Å². The van der Waals surface area contributed by atoms with Crippen molar-refractivity contribution >= 4 is 27.3 Å². The molecule has 0 saturated carbocycles. The van der Waals surface area contributed by atoms with Crippen LogP contribution in [-0.4, -0.2) is 39.1 Å². The highest BCUT2D eigenvalue weighted by Crippen LogP contribution is 2.38. The molecule has 126 valence electrons. The maximum absolute atomic E-state index is 12.7. The number of methoxy groups -OCH3 is 1. The van der Waals surface area contributed by atoms with Gasteiger partial charge in [-0.05, 0) is 42.0 Å². The zero-order valence-corrected chi connectivity index (χ0v) is 14.8. The summed E-state index contributed by atoms with van der Waals surface area (Å²) in [5, 5.41) is 0.443. The Kier molecular flexibility index (Phi) is 4.27. The number of carbonyl (C=O) groups excluding carboxylic acids is 1. The van der Waals surface area contributed by atoms with Crippen LogP contribution in [0.5, 0.6) is 5.75 Å². The number of carbonyl (C=O) groups is 1. The molecule has 0 radical (unpaired) electrons. The van der Waals surface area contributed by atoms with Crippen molar-refractivity contribution in [2.75, 3.05) is 19.9 Å². The summed E-state index contributed by atoms with van der Waals surface area (Å²) in [6, 6.07) is 10.8. The van der Waals surface area contributed by atoms with Gasteiger partial charge in [0.05, 0.1) is 23.8 Å². The van der Waals surface area contributed by atoms with E-state index in [0.29, 0.717) is 21.9 Å². The average molecular weight is 366 g/mol. The molecule has 0 aliphatic carbocycles. The van der Waals surface area contributed by atoms with Crippen LogP contribution in [0.2, 0.25) is 5.02 Å². The summed E-state index contributed by atoms with van der Waals surface area (Å²) in [7, 11) is -0.304. The number of fused-ring (bicyclic) bond motifs is 1. The van der Waals surface area contributed by atoms with Crippen molar-refractivity contribution in [1.29, 1.82) is 0 Å². The summed E-state index contributed by atoms with van der Waals surface area (Å²) < 4.78 is 29.8. The smallest absolute Gasteiger partial charge is 0.254 e. The van der Waals surface area contributed by atoms with Gasteiger partial charge in [0.25, 0.3) is 5.91 Å². The normalized spacial score (nSPS) is 18.0. The lowest BCUT2D eigenvalue weighted by Crippen LogP contribution is -2.32. The van der Waals surface area contributed by atoms with Crippen LogP contribution >= 0.6 is 11.6 Å². The number of nitrogens with zero attached hydrogens (tertiary/aromatic N) is 1. The molecule has 7 heteroatoms. The summed E-state index contributed by atoms with van der Waals surface area (Å²) in [5.41, 5.74) is 0.992. The summed E-state index contributed by atoms with van der Waals surface area (Å²) in [4.78, 5) is 14.4. The highest BCUT2D eigenvalue weighted by Gasteiger charge is 2.38. The van der Waals surface area contributed by atoms with E-state index in [4.69, 9.17) is 16.3 Å². The molecule has 2 aromatic rings. The van der Waals surface area contributed by atoms with Gasteiger partial charge in [0.1, 0.15) is 5.75 Å². The van der Waals surface area contributed by atoms with E-state index < -0.39 is 15.9 Å². The molecule has 0 spiro atoms. The van der Waals surface area contributed by atoms with Gasteiger partial charge in [-0.3, -0.25) is 4.79 Å². The van der Waals surface area contributed by atoms with Gasteiger partial charge in [-0.1, -0.05) is 17.7 Å². The summed E-state index contributed by atoms with van der Waals surface area (Å²) >= 11 is 6.01. The van der Waals surface area contributed by atoms with Crippen LogP contribution in [-0.2, 0) is 9.84 Å². The largest absolute Gasteiger partial charge is 0.497 e. The molecule has 1 heterocycles. The number of sulfone groups is 1. The standard InChI is InChI=1S/C17H16ClNO4S/c1-19(17(20)11-4-3-5-13(8-11)23-2)15-10-24(21,22)16-7-6-12(18)9-14(15)16/h3-9,15H,10H2,1-2H3. The second kappa shape index (κ2) is 6.11. The number of rotatable bonds is 3. The van der Waals surface area contributed by atoms with E-state index in [1.807, 2.05) is 0 Å². The van der Waals surface area contributed by atoms with Gasteiger partial charge in [0.2, 0.25) is 0 Å². The van der Waals surface area contributed by atoms with Gasteiger partial charge in [-0.15, -0.1) is 0 Å². The molecule has 1 aliphatic rings. The Bertz CT molecular complexity index is 911. The first kappa shape index (κ1) is 16.8. The first-order chi connectivity index (χ1) is 11.3. The molecule has 0 fully saturated rings. The third-order valence-electron chi connectivity index (χ3n) is 4.15. The predicted molar refractivity (Wildman–Crippen MR) is 91.3 cm³/mol. The fraction of sp³-hybridized carbons (Fsp3) is 0.235. The topological polar surface area (TPSA) is 63.7 Å². The van der Waals surface area contributed by atoms with Crippen molar-refractivity contribution in [3.05, 3.63) is 58.6 Å². The van der Waals surface area contributed by atoms with Crippen LogP contribution in [0.25, 0.3) is 0 Å². The number of benzene rings is 2. The lowest BCUT2D eigenvalue weighted by molar-refractivity contribution is 0.0745. The Hall–Kier alpha value is -2.05. The highest BCUT2D eigenvalue weighted by atomic mass is 35.5. The van der Waals surface area contributed by atoms with E-state index >= 15 is 0 Å². The van der Waals surface area contributed by atoms with Crippen molar-refractivity contribution in [3.63, 3.8) is 0 Å². The van der Waals surface area contributed by atoms with Gasteiger partial charge in [0, 0.05) is 17.6 Å². The molecule has 1 atom stereocenters. The van der Waals surface area contributed by atoms with Gasteiger partial charge in [0.15, 0.2) is 9.84 Å². The van der Waals surface area contributed by atoms with Crippen molar-refractivity contribution in [3.8, 4) is 5.75 Å². The zero-order chi connectivity index (χ0) is 17.5. The van der Waals surface area contributed by atoms with Crippen LogP contribution in [0, 0.1) is 0 Å². The molecule has 0 bridgehead atoms. The first-order valence-electron chi connectivity index (χ1n) is 7.27. The third-order valence-corrected chi connectivity index (χ3v) is 6.18. The van der Waals surface area contributed by atoms with Crippen LogP contribution in [0.4, 0.5) is 0 Å². The molecule has 2 aromatic carbocycles. The van der Waals surface area contributed by atoms with Gasteiger partial charge in [-0.2, -0.15) is 0 Å². The second-order valence-corrected chi connectivity index (χ2v) is 8.07. The maximum Gasteiger partial charge on any atom is 0.254 e. The van der Waals surface area contributed by atoms with Crippen LogP contribution in [0.1, 0.15) is 22.0 Å². The minimum absolute atomic E-state index is 0.144. The monoisotopic (exact) mass is 365 g/mol. The van der Waals surface area contributed by atoms with Crippen LogP contribution in [0.3, 0.4) is 0 Å². The van der Waals surface area contributed by atoms with E-state index in [1.54, 1.807) is 43.4 Å².